The first-order chi connectivity index (χ1) is 9.42. The largest absolute Gasteiger partial charge is 0.465 e. The molecule has 0 aromatic rings. The van der Waals surface area contributed by atoms with Crippen molar-refractivity contribution in [3.63, 3.8) is 0 Å². The van der Waals surface area contributed by atoms with Crippen molar-refractivity contribution in [1.29, 1.82) is 0 Å². The Morgan fingerprint density at radius 1 is 1.45 bits per heavy atom. The van der Waals surface area contributed by atoms with Crippen LogP contribution < -0.4 is 5.32 Å². The second-order valence-electron chi connectivity index (χ2n) is 6.34. The average molecular weight is 284 g/mol. The van der Waals surface area contributed by atoms with Gasteiger partial charge in [0.25, 0.3) is 0 Å². The van der Waals surface area contributed by atoms with Crippen LogP contribution in [0.4, 0.5) is 0 Å². The van der Waals surface area contributed by atoms with Gasteiger partial charge in [-0.15, -0.1) is 0 Å². The van der Waals surface area contributed by atoms with Crippen LogP contribution in [-0.4, -0.2) is 48.2 Å². The van der Waals surface area contributed by atoms with Gasteiger partial charge in [0.15, 0.2) is 0 Å². The fourth-order valence-electron chi connectivity index (χ4n) is 3.18. The Morgan fingerprint density at radius 3 is 2.70 bits per heavy atom. The highest BCUT2D eigenvalue weighted by Crippen LogP contribution is 2.22. The average Bonchev–Trinajstić information content (AvgIpc) is 2.83. The van der Waals surface area contributed by atoms with Crippen LogP contribution in [0.25, 0.3) is 0 Å². The van der Waals surface area contributed by atoms with Crippen LogP contribution in [0.3, 0.4) is 0 Å². The molecule has 2 unspecified atom stereocenters. The highest BCUT2D eigenvalue weighted by Gasteiger charge is 2.36. The second-order valence-corrected chi connectivity index (χ2v) is 6.34. The molecular formula is C16H32N2O2. The number of carbonyl (C=O) groups excluding carboxylic acids is 1. The molecule has 0 radical (unpaired) electrons. The summed E-state index contributed by atoms with van der Waals surface area (Å²) in [5, 5.41) is 3.40. The molecule has 0 aliphatic carbocycles. The third kappa shape index (κ3) is 4.74. The summed E-state index contributed by atoms with van der Waals surface area (Å²) in [5.74, 6) is -0.124. The van der Waals surface area contributed by atoms with Crippen molar-refractivity contribution < 1.29 is 9.53 Å². The minimum atomic E-state index is -0.578. The molecule has 0 spiro atoms. The van der Waals surface area contributed by atoms with E-state index < -0.39 is 5.54 Å². The van der Waals surface area contributed by atoms with E-state index in [0.717, 1.165) is 13.0 Å². The fraction of sp³-hybridized carbons (Fsp3) is 0.938. The Balaban J connectivity index is 2.62. The summed E-state index contributed by atoms with van der Waals surface area (Å²) < 4.78 is 5.26. The number of nitrogens with zero attached hydrogens (tertiary/aromatic N) is 1. The number of hydrogen-bond donors (Lipinski definition) is 1. The van der Waals surface area contributed by atoms with Crippen LogP contribution >= 0.6 is 0 Å². The van der Waals surface area contributed by atoms with Crippen molar-refractivity contribution in [1.82, 2.24) is 10.2 Å². The van der Waals surface area contributed by atoms with E-state index in [1.807, 2.05) is 13.8 Å². The van der Waals surface area contributed by atoms with Crippen molar-refractivity contribution in [3.8, 4) is 0 Å². The summed E-state index contributed by atoms with van der Waals surface area (Å²) in [5.41, 5.74) is -0.578. The van der Waals surface area contributed by atoms with Crippen LogP contribution in [-0.2, 0) is 9.53 Å². The molecule has 1 fully saturated rings. The van der Waals surface area contributed by atoms with Crippen molar-refractivity contribution in [2.75, 3.05) is 19.7 Å². The SMILES string of the molecule is CCOC(=O)C(C)(CCN1CCCC1CC)NC(C)C. The van der Waals surface area contributed by atoms with Gasteiger partial charge in [0.2, 0.25) is 0 Å². The molecule has 4 nitrogen and oxygen atoms in total. The summed E-state index contributed by atoms with van der Waals surface area (Å²) in [6.07, 6.45) is 4.59. The van der Waals surface area contributed by atoms with Crippen molar-refractivity contribution >= 4 is 5.97 Å². The Kier molecular flexibility index (Phi) is 6.96. The van der Waals surface area contributed by atoms with Crippen LogP contribution in [0.1, 0.15) is 60.3 Å². The molecule has 1 rings (SSSR count). The van der Waals surface area contributed by atoms with E-state index in [2.05, 4.69) is 31.0 Å². The van der Waals surface area contributed by atoms with E-state index in [1.165, 1.54) is 25.8 Å². The zero-order valence-corrected chi connectivity index (χ0v) is 13.9. The molecule has 4 heteroatoms. The van der Waals surface area contributed by atoms with Crippen LogP contribution in [0.2, 0.25) is 0 Å². The van der Waals surface area contributed by atoms with Crippen LogP contribution in [0.15, 0.2) is 0 Å². The molecule has 0 saturated carbocycles. The summed E-state index contributed by atoms with van der Waals surface area (Å²) >= 11 is 0. The van der Waals surface area contributed by atoms with Crippen molar-refractivity contribution in [2.45, 2.75) is 77.9 Å². The van der Waals surface area contributed by atoms with E-state index in [9.17, 15) is 4.79 Å². The van der Waals surface area contributed by atoms with E-state index in [-0.39, 0.29) is 12.0 Å². The molecule has 1 aliphatic heterocycles. The fourth-order valence-corrected chi connectivity index (χ4v) is 3.18. The molecule has 0 aromatic carbocycles. The van der Waals surface area contributed by atoms with Gasteiger partial charge in [0, 0.05) is 18.6 Å². The minimum Gasteiger partial charge on any atom is -0.465 e. The Bertz CT molecular complexity index is 307. The third-order valence-electron chi connectivity index (χ3n) is 4.20. The van der Waals surface area contributed by atoms with Crippen LogP contribution in [0, 0.1) is 0 Å². The van der Waals surface area contributed by atoms with E-state index >= 15 is 0 Å². The number of ether oxygens (including phenoxy) is 1. The van der Waals surface area contributed by atoms with Gasteiger partial charge in [-0.2, -0.15) is 0 Å². The van der Waals surface area contributed by atoms with E-state index in [0.29, 0.717) is 12.6 Å². The zero-order valence-electron chi connectivity index (χ0n) is 13.9. The molecule has 1 heterocycles. The molecule has 0 bridgehead atoms. The summed E-state index contributed by atoms with van der Waals surface area (Å²) in [7, 11) is 0. The van der Waals surface area contributed by atoms with Gasteiger partial charge in [-0.3, -0.25) is 10.1 Å². The maximum absolute atomic E-state index is 12.3. The molecule has 0 aromatic heterocycles. The first-order valence-electron chi connectivity index (χ1n) is 8.12. The number of nitrogens with one attached hydrogen (secondary N) is 1. The summed E-state index contributed by atoms with van der Waals surface area (Å²) in [6.45, 7) is 12.8. The lowest BCUT2D eigenvalue weighted by molar-refractivity contribution is -0.151. The van der Waals surface area contributed by atoms with Gasteiger partial charge in [0.1, 0.15) is 5.54 Å². The number of esters is 1. The molecular weight excluding hydrogens is 252 g/mol. The summed E-state index contributed by atoms with van der Waals surface area (Å²) in [4.78, 5) is 14.8. The Morgan fingerprint density at radius 2 is 2.15 bits per heavy atom. The van der Waals surface area contributed by atoms with Crippen molar-refractivity contribution in [2.24, 2.45) is 0 Å². The number of hydrogen-bond acceptors (Lipinski definition) is 4. The maximum Gasteiger partial charge on any atom is 0.326 e. The molecule has 1 aliphatic rings. The molecule has 2 atom stereocenters. The van der Waals surface area contributed by atoms with Gasteiger partial charge in [0.05, 0.1) is 6.61 Å². The smallest absolute Gasteiger partial charge is 0.326 e. The van der Waals surface area contributed by atoms with Gasteiger partial charge in [-0.1, -0.05) is 6.92 Å². The highest BCUT2D eigenvalue weighted by molar-refractivity contribution is 5.80. The molecule has 1 saturated heterocycles. The lowest BCUT2D eigenvalue weighted by atomic mass is 9.96. The Labute approximate surface area is 124 Å². The topological polar surface area (TPSA) is 41.6 Å². The second kappa shape index (κ2) is 7.99. The quantitative estimate of drug-likeness (QED) is 0.696. The third-order valence-corrected chi connectivity index (χ3v) is 4.20. The molecule has 118 valence electrons. The lowest BCUT2D eigenvalue weighted by Crippen LogP contribution is -2.54. The van der Waals surface area contributed by atoms with Crippen LogP contribution in [0.5, 0.6) is 0 Å². The number of rotatable bonds is 8. The van der Waals surface area contributed by atoms with Gasteiger partial charge >= 0.3 is 5.97 Å². The number of likely N-dealkylation sites (tertiary alicyclic amines) is 1. The monoisotopic (exact) mass is 284 g/mol. The zero-order chi connectivity index (χ0) is 15.2. The van der Waals surface area contributed by atoms with E-state index in [1.54, 1.807) is 0 Å². The first-order valence-corrected chi connectivity index (χ1v) is 8.12. The minimum absolute atomic E-state index is 0.124. The number of carbonyl (C=O) groups is 1. The first kappa shape index (κ1) is 17.4. The molecule has 1 N–H and O–H groups in total. The Hall–Kier alpha value is -0.610. The summed E-state index contributed by atoms with van der Waals surface area (Å²) in [6, 6.07) is 0.963. The molecule has 0 amide bonds. The van der Waals surface area contributed by atoms with Gasteiger partial charge in [-0.25, -0.2) is 0 Å². The van der Waals surface area contributed by atoms with Gasteiger partial charge < -0.3 is 9.64 Å². The highest BCUT2D eigenvalue weighted by atomic mass is 16.5. The lowest BCUT2D eigenvalue weighted by Gasteiger charge is -2.33. The normalized spacial score (nSPS) is 23.0. The van der Waals surface area contributed by atoms with E-state index in [4.69, 9.17) is 4.74 Å². The predicted octanol–water partition coefficient (Wildman–Crippen LogP) is 2.57. The predicted molar refractivity (Wildman–Crippen MR) is 82.8 cm³/mol. The maximum atomic E-state index is 12.3. The van der Waals surface area contributed by atoms with Gasteiger partial charge in [-0.05, 0) is 59.9 Å². The standard InChI is InChI=1S/C16H32N2O2/c1-6-14-9-8-11-18(14)12-10-16(5,17-13(3)4)15(19)20-7-2/h13-14,17H,6-12H2,1-5H3. The van der Waals surface area contributed by atoms with Crippen molar-refractivity contribution in [3.05, 3.63) is 0 Å². The molecule has 20 heavy (non-hydrogen) atoms.